The molecule has 2 saturated carbocycles. The van der Waals surface area contributed by atoms with Crippen LogP contribution in [0.15, 0.2) is 24.0 Å². The number of ether oxygens (including phenoxy) is 1. The summed E-state index contributed by atoms with van der Waals surface area (Å²) in [6.07, 6.45) is 8.69. The Morgan fingerprint density at radius 1 is 0.963 bits per heavy atom. The fourth-order valence-electron chi connectivity index (χ4n) is 5.23. The van der Waals surface area contributed by atoms with Gasteiger partial charge in [-0.1, -0.05) is 31.9 Å². The van der Waals surface area contributed by atoms with Crippen LogP contribution in [0.5, 0.6) is 0 Å². The molecule has 0 aliphatic heterocycles. The number of aryl methyl sites for hydroxylation is 1. The van der Waals surface area contributed by atoms with Crippen LogP contribution in [-0.4, -0.2) is 12.2 Å². The molecule has 4 aliphatic carbocycles. The summed E-state index contributed by atoms with van der Waals surface area (Å²) in [6, 6.07) is 3.11. The third kappa shape index (κ3) is 3.24. The van der Waals surface area contributed by atoms with Gasteiger partial charge in [0.1, 0.15) is 5.83 Å². The molecule has 2 bridgehead atoms. The average Bonchev–Trinajstić information content (AvgIpc) is 2.67. The van der Waals surface area contributed by atoms with Crippen LogP contribution in [0.1, 0.15) is 69.4 Å². The summed E-state index contributed by atoms with van der Waals surface area (Å²) in [5.41, 5.74) is -1.17. The van der Waals surface area contributed by atoms with Crippen LogP contribution in [0.25, 0.3) is 0 Å². The summed E-state index contributed by atoms with van der Waals surface area (Å²) in [5, 5.41) is 0. The lowest BCUT2D eigenvalue weighted by Crippen LogP contribution is -2.48. The third-order valence-electron chi connectivity index (χ3n) is 7.33. The monoisotopic (exact) mass is 378 g/mol. The van der Waals surface area contributed by atoms with Gasteiger partial charge in [-0.25, -0.2) is 13.2 Å². The van der Waals surface area contributed by atoms with E-state index in [2.05, 4.69) is 6.92 Å². The number of benzene rings is 1. The van der Waals surface area contributed by atoms with Crippen molar-refractivity contribution in [2.24, 2.45) is 11.8 Å². The quantitative estimate of drug-likeness (QED) is 0.578. The molecular formula is C23H29F3O. The number of hydrogen-bond donors (Lipinski definition) is 0. The molecule has 27 heavy (non-hydrogen) atoms. The van der Waals surface area contributed by atoms with Crippen molar-refractivity contribution in [3.63, 3.8) is 0 Å². The Morgan fingerprint density at radius 2 is 1.63 bits per heavy atom. The Labute approximate surface area is 160 Å². The van der Waals surface area contributed by atoms with Crippen molar-refractivity contribution in [3.05, 3.63) is 46.8 Å². The molecule has 0 heterocycles. The minimum Gasteiger partial charge on any atom is -0.371 e. The van der Waals surface area contributed by atoms with Gasteiger partial charge in [-0.2, -0.15) is 0 Å². The van der Waals surface area contributed by atoms with Gasteiger partial charge in [0.2, 0.25) is 0 Å². The van der Waals surface area contributed by atoms with Crippen LogP contribution >= 0.6 is 0 Å². The van der Waals surface area contributed by atoms with E-state index in [0.29, 0.717) is 38.2 Å². The van der Waals surface area contributed by atoms with E-state index in [4.69, 9.17) is 4.74 Å². The van der Waals surface area contributed by atoms with E-state index in [1.807, 2.05) is 0 Å². The lowest BCUT2D eigenvalue weighted by Gasteiger charge is -2.50. The second-order valence-corrected chi connectivity index (χ2v) is 9.13. The maximum absolute atomic E-state index is 15.2. The molecule has 0 aromatic heterocycles. The summed E-state index contributed by atoms with van der Waals surface area (Å²) >= 11 is 0. The Morgan fingerprint density at radius 3 is 2.26 bits per heavy atom. The fraction of sp³-hybridized carbons (Fsp3) is 0.652. The Hall–Kier alpha value is -1.29. The summed E-state index contributed by atoms with van der Waals surface area (Å²) in [4.78, 5) is 0. The van der Waals surface area contributed by atoms with E-state index < -0.39 is 22.7 Å². The number of hydrogen-bond acceptors (Lipinski definition) is 1. The molecule has 0 unspecified atom stereocenters. The maximum atomic E-state index is 15.2. The van der Waals surface area contributed by atoms with Crippen LogP contribution in [0.3, 0.4) is 0 Å². The fourth-order valence-corrected chi connectivity index (χ4v) is 5.23. The first-order chi connectivity index (χ1) is 12.9. The number of fused-ring (bicyclic) bond motifs is 2. The van der Waals surface area contributed by atoms with Crippen LogP contribution in [-0.2, 0) is 10.2 Å². The third-order valence-corrected chi connectivity index (χ3v) is 7.33. The Balaban J connectivity index is 1.53. The number of rotatable bonds is 4. The molecule has 0 spiro atoms. The minimum absolute atomic E-state index is 0.161. The van der Waals surface area contributed by atoms with Crippen molar-refractivity contribution >= 4 is 0 Å². The molecule has 4 aliphatic rings. The first-order valence-corrected chi connectivity index (χ1v) is 10.3. The zero-order chi connectivity index (χ0) is 19.2. The largest absolute Gasteiger partial charge is 0.371 e. The highest BCUT2D eigenvalue weighted by Crippen LogP contribution is 2.56. The van der Waals surface area contributed by atoms with Gasteiger partial charge in [-0.05, 0) is 68.9 Å². The normalized spacial score (nSPS) is 36.0. The molecule has 148 valence electrons. The van der Waals surface area contributed by atoms with E-state index in [-0.39, 0.29) is 17.0 Å². The molecule has 1 aromatic carbocycles. The second kappa shape index (κ2) is 6.95. The van der Waals surface area contributed by atoms with Crippen LogP contribution in [0, 0.1) is 30.4 Å². The van der Waals surface area contributed by atoms with Gasteiger partial charge in [0.05, 0.1) is 17.6 Å². The summed E-state index contributed by atoms with van der Waals surface area (Å²) in [6.45, 7) is 4.50. The average molecular weight is 378 g/mol. The van der Waals surface area contributed by atoms with Crippen molar-refractivity contribution < 1.29 is 17.9 Å². The predicted molar refractivity (Wildman–Crippen MR) is 100 cm³/mol. The van der Waals surface area contributed by atoms with Gasteiger partial charge >= 0.3 is 0 Å². The molecule has 0 saturated heterocycles. The van der Waals surface area contributed by atoms with Crippen molar-refractivity contribution in [1.82, 2.24) is 0 Å². The van der Waals surface area contributed by atoms with Crippen molar-refractivity contribution in [3.8, 4) is 0 Å². The van der Waals surface area contributed by atoms with Gasteiger partial charge in [-0.3, -0.25) is 0 Å². The zero-order valence-corrected chi connectivity index (χ0v) is 16.3. The number of halogens is 3. The van der Waals surface area contributed by atoms with Crippen molar-refractivity contribution in [2.75, 3.05) is 6.61 Å². The standard InChI is InChI=1S/C23H29F3O/c1-15-3-6-17(7-4-15)14-27-22-9-11-23(12-10-22,19(24)13-22)18-8-5-16(2)20(25)21(18)26/h5,8,13,15,17H,3-4,6-7,9-12,14H2,1-2H3. The summed E-state index contributed by atoms with van der Waals surface area (Å²) < 4.78 is 50.1. The van der Waals surface area contributed by atoms with Gasteiger partial charge in [0.15, 0.2) is 11.6 Å². The van der Waals surface area contributed by atoms with Crippen LogP contribution in [0.2, 0.25) is 0 Å². The van der Waals surface area contributed by atoms with Gasteiger partial charge in [0, 0.05) is 5.56 Å². The SMILES string of the molecule is Cc1ccc(C23CCC(OCC4CCC(C)CC4)(C=C2F)CC3)c(F)c1F. The maximum Gasteiger partial charge on any atom is 0.163 e. The van der Waals surface area contributed by atoms with Gasteiger partial charge in [-0.15, -0.1) is 0 Å². The predicted octanol–water partition coefficient (Wildman–Crippen LogP) is 6.53. The summed E-state index contributed by atoms with van der Waals surface area (Å²) in [7, 11) is 0. The highest BCUT2D eigenvalue weighted by Gasteiger charge is 2.53. The van der Waals surface area contributed by atoms with Crippen LogP contribution in [0.4, 0.5) is 13.2 Å². The summed E-state index contributed by atoms with van der Waals surface area (Å²) in [5.74, 6) is -0.750. The molecule has 0 amide bonds. The van der Waals surface area contributed by atoms with Crippen LogP contribution < -0.4 is 0 Å². The highest BCUT2D eigenvalue weighted by molar-refractivity contribution is 5.42. The minimum atomic E-state index is -1.02. The van der Waals surface area contributed by atoms with Crippen molar-refractivity contribution in [2.45, 2.75) is 76.2 Å². The molecule has 0 atom stereocenters. The highest BCUT2D eigenvalue weighted by atomic mass is 19.2. The zero-order valence-electron chi connectivity index (χ0n) is 16.3. The van der Waals surface area contributed by atoms with Gasteiger partial charge < -0.3 is 4.74 Å². The van der Waals surface area contributed by atoms with E-state index in [0.717, 1.165) is 5.92 Å². The van der Waals surface area contributed by atoms with E-state index >= 15 is 4.39 Å². The molecule has 0 N–H and O–H groups in total. The van der Waals surface area contributed by atoms with E-state index in [9.17, 15) is 8.78 Å². The lowest BCUT2D eigenvalue weighted by molar-refractivity contribution is -0.0770. The van der Waals surface area contributed by atoms with E-state index in [1.165, 1.54) is 32.6 Å². The first-order valence-electron chi connectivity index (χ1n) is 10.3. The smallest absolute Gasteiger partial charge is 0.163 e. The van der Waals surface area contributed by atoms with Gasteiger partial charge in [0.25, 0.3) is 0 Å². The topological polar surface area (TPSA) is 9.23 Å². The van der Waals surface area contributed by atoms with E-state index in [1.54, 1.807) is 18.2 Å². The molecule has 1 aromatic rings. The Kier molecular flexibility index (Phi) is 4.90. The molecule has 4 heteroatoms. The molecule has 0 radical (unpaired) electrons. The molecular weight excluding hydrogens is 349 g/mol. The molecule has 5 rings (SSSR count). The number of allylic oxidation sites excluding steroid dienone is 1. The Bertz CT molecular complexity index is 738. The molecule has 2 fully saturated rings. The second-order valence-electron chi connectivity index (χ2n) is 9.13. The lowest BCUT2D eigenvalue weighted by atomic mass is 9.59. The first kappa shape index (κ1) is 19.0. The molecule has 1 nitrogen and oxygen atoms in total. The van der Waals surface area contributed by atoms with Crippen molar-refractivity contribution in [1.29, 1.82) is 0 Å².